The third-order valence-corrected chi connectivity index (χ3v) is 6.21. The van der Waals surface area contributed by atoms with Crippen LogP contribution in [0.25, 0.3) is 0 Å². The van der Waals surface area contributed by atoms with E-state index < -0.39 is 7.82 Å². The van der Waals surface area contributed by atoms with Crippen molar-refractivity contribution < 1.29 is 27.7 Å². The number of hydrogen-bond acceptors (Lipinski definition) is 4. The number of morpholine rings is 1. The number of phosphoric ester groups is 1. The van der Waals surface area contributed by atoms with Crippen LogP contribution in [0.5, 0.6) is 0 Å². The summed E-state index contributed by atoms with van der Waals surface area (Å²) in [6.45, 7) is 6.79. The molecular formula is C19H41NO5P+. The van der Waals surface area contributed by atoms with Gasteiger partial charge in [0.2, 0.25) is 0 Å². The molecule has 0 aromatic carbocycles. The number of nitrogens with zero attached hydrogens (tertiary/aromatic N) is 1. The molecular weight excluding hydrogens is 353 g/mol. The van der Waals surface area contributed by atoms with Crippen molar-refractivity contribution in [1.29, 1.82) is 0 Å². The zero-order valence-corrected chi connectivity index (χ0v) is 17.9. The molecule has 26 heavy (non-hydrogen) atoms. The third kappa shape index (κ3) is 12.4. The SMILES string of the molecule is CCCCCCCCCCCCOP(=O)(O)OCC[N+]1(C)CCOCC1. The molecule has 0 aromatic heterocycles. The molecule has 6 nitrogen and oxygen atoms in total. The van der Waals surface area contributed by atoms with E-state index >= 15 is 0 Å². The molecule has 1 atom stereocenters. The Morgan fingerprint density at radius 2 is 1.38 bits per heavy atom. The fourth-order valence-electron chi connectivity index (χ4n) is 3.19. The van der Waals surface area contributed by atoms with E-state index in [1.807, 2.05) is 0 Å². The second-order valence-corrected chi connectivity index (χ2v) is 9.17. The van der Waals surface area contributed by atoms with Gasteiger partial charge in [-0.15, -0.1) is 0 Å². The Balaban J connectivity index is 1.94. The Hall–Kier alpha value is 0.0300. The van der Waals surface area contributed by atoms with Crippen molar-refractivity contribution >= 4 is 7.82 Å². The number of phosphoric acid groups is 1. The summed E-state index contributed by atoms with van der Waals surface area (Å²) >= 11 is 0. The van der Waals surface area contributed by atoms with Crippen LogP contribution in [0.3, 0.4) is 0 Å². The van der Waals surface area contributed by atoms with Gasteiger partial charge in [-0.3, -0.25) is 9.05 Å². The van der Waals surface area contributed by atoms with Crippen molar-refractivity contribution in [3.05, 3.63) is 0 Å². The van der Waals surface area contributed by atoms with Gasteiger partial charge in [-0.25, -0.2) is 4.57 Å². The van der Waals surface area contributed by atoms with Crippen LogP contribution in [0.15, 0.2) is 0 Å². The maximum absolute atomic E-state index is 11.9. The molecule has 0 amide bonds. The summed E-state index contributed by atoms with van der Waals surface area (Å²) in [7, 11) is -1.78. The number of ether oxygens (including phenoxy) is 1. The lowest BCUT2D eigenvalue weighted by atomic mass is 10.1. The highest BCUT2D eigenvalue weighted by Crippen LogP contribution is 2.43. The molecule has 1 unspecified atom stereocenters. The van der Waals surface area contributed by atoms with E-state index in [0.29, 0.717) is 13.2 Å². The zero-order valence-electron chi connectivity index (χ0n) is 17.0. The van der Waals surface area contributed by atoms with Crippen molar-refractivity contribution in [2.75, 3.05) is 53.1 Å². The minimum Gasteiger partial charge on any atom is -0.370 e. The van der Waals surface area contributed by atoms with Gasteiger partial charge in [0.1, 0.15) is 26.2 Å². The Morgan fingerprint density at radius 3 is 1.96 bits per heavy atom. The van der Waals surface area contributed by atoms with Gasteiger partial charge in [0.05, 0.1) is 26.9 Å². The monoisotopic (exact) mass is 394 g/mol. The number of hydrogen-bond donors (Lipinski definition) is 1. The quantitative estimate of drug-likeness (QED) is 0.237. The molecule has 0 aliphatic carbocycles. The molecule has 0 aromatic rings. The van der Waals surface area contributed by atoms with Gasteiger partial charge in [-0.2, -0.15) is 0 Å². The highest BCUT2D eigenvalue weighted by Gasteiger charge is 2.27. The number of rotatable bonds is 16. The molecule has 1 fully saturated rings. The Labute approximate surface area is 160 Å². The van der Waals surface area contributed by atoms with Crippen LogP contribution in [-0.4, -0.2) is 62.5 Å². The summed E-state index contributed by atoms with van der Waals surface area (Å²) in [4.78, 5) is 9.75. The van der Waals surface area contributed by atoms with Gasteiger partial charge < -0.3 is 14.1 Å². The molecule has 1 saturated heterocycles. The van der Waals surface area contributed by atoms with Crippen LogP contribution >= 0.6 is 7.82 Å². The summed E-state index contributed by atoms with van der Waals surface area (Å²) in [6.07, 6.45) is 12.3. The van der Waals surface area contributed by atoms with Crippen LogP contribution < -0.4 is 0 Å². The lowest BCUT2D eigenvalue weighted by Crippen LogP contribution is -2.53. The minimum absolute atomic E-state index is 0.238. The van der Waals surface area contributed by atoms with Crippen molar-refractivity contribution in [1.82, 2.24) is 0 Å². The number of quaternary nitrogens is 1. The third-order valence-electron chi connectivity index (χ3n) is 5.19. The molecule has 0 radical (unpaired) electrons. The van der Waals surface area contributed by atoms with E-state index in [1.54, 1.807) is 0 Å². The van der Waals surface area contributed by atoms with Gasteiger partial charge in [-0.05, 0) is 6.42 Å². The first-order valence-electron chi connectivity index (χ1n) is 10.5. The molecule has 156 valence electrons. The highest BCUT2D eigenvalue weighted by atomic mass is 31.2. The average molecular weight is 395 g/mol. The van der Waals surface area contributed by atoms with Crippen LogP contribution in [0.1, 0.15) is 71.1 Å². The molecule has 1 aliphatic heterocycles. The van der Waals surface area contributed by atoms with E-state index in [2.05, 4.69) is 14.0 Å². The Bertz CT molecular complexity index is 388. The minimum atomic E-state index is -3.91. The average Bonchev–Trinajstić information content (AvgIpc) is 2.60. The summed E-state index contributed by atoms with van der Waals surface area (Å²) in [5, 5.41) is 0. The van der Waals surface area contributed by atoms with Gasteiger partial charge in [-0.1, -0.05) is 64.7 Å². The van der Waals surface area contributed by atoms with Crippen LogP contribution in [0.4, 0.5) is 0 Å². The van der Waals surface area contributed by atoms with E-state index in [9.17, 15) is 9.46 Å². The molecule has 1 N–H and O–H groups in total. The lowest BCUT2D eigenvalue weighted by Gasteiger charge is -2.37. The van der Waals surface area contributed by atoms with Gasteiger partial charge in [0.15, 0.2) is 0 Å². The smallest absolute Gasteiger partial charge is 0.370 e. The largest absolute Gasteiger partial charge is 0.472 e. The van der Waals surface area contributed by atoms with Gasteiger partial charge >= 0.3 is 7.82 Å². The number of unbranched alkanes of at least 4 members (excludes halogenated alkanes) is 9. The topological polar surface area (TPSA) is 65.0 Å². The van der Waals surface area contributed by atoms with Crippen molar-refractivity contribution in [3.63, 3.8) is 0 Å². The van der Waals surface area contributed by atoms with Crippen molar-refractivity contribution in [2.24, 2.45) is 0 Å². The Kier molecular flexibility index (Phi) is 13.0. The fourth-order valence-corrected chi connectivity index (χ4v) is 3.94. The van der Waals surface area contributed by atoms with E-state index in [0.717, 1.165) is 43.6 Å². The summed E-state index contributed by atoms with van der Waals surface area (Å²) in [5.41, 5.74) is 0. The normalized spacial score (nSPS) is 19.3. The maximum atomic E-state index is 11.9. The molecule has 1 rings (SSSR count). The first-order chi connectivity index (χ1) is 12.5. The molecule has 1 heterocycles. The molecule has 0 saturated carbocycles. The maximum Gasteiger partial charge on any atom is 0.472 e. The Morgan fingerprint density at radius 1 is 0.885 bits per heavy atom. The number of likely N-dealkylation sites (N-methyl/N-ethyl adjacent to an activating group) is 1. The predicted molar refractivity (Wildman–Crippen MR) is 105 cm³/mol. The van der Waals surface area contributed by atoms with Gasteiger partial charge in [0.25, 0.3) is 0 Å². The summed E-state index contributed by atoms with van der Waals surface area (Å²) in [5.74, 6) is 0. The lowest BCUT2D eigenvalue weighted by molar-refractivity contribution is -0.916. The van der Waals surface area contributed by atoms with Crippen molar-refractivity contribution in [3.8, 4) is 0 Å². The summed E-state index contributed by atoms with van der Waals surface area (Å²) < 4.78 is 28.3. The zero-order chi connectivity index (χ0) is 19.1. The second-order valence-electron chi connectivity index (χ2n) is 7.72. The first-order valence-corrected chi connectivity index (χ1v) is 12.0. The summed E-state index contributed by atoms with van der Waals surface area (Å²) in [6, 6.07) is 0. The van der Waals surface area contributed by atoms with Crippen LogP contribution in [0.2, 0.25) is 0 Å². The van der Waals surface area contributed by atoms with Crippen LogP contribution in [0, 0.1) is 0 Å². The van der Waals surface area contributed by atoms with Crippen molar-refractivity contribution in [2.45, 2.75) is 71.1 Å². The first kappa shape index (κ1) is 24.1. The van der Waals surface area contributed by atoms with Gasteiger partial charge in [0, 0.05) is 0 Å². The van der Waals surface area contributed by atoms with Crippen LogP contribution in [-0.2, 0) is 18.3 Å². The molecule has 1 aliphatic rings. The van der Waals surface area contributed by atoms with E-state index in [4.69, 9.17) is 13.8 Å². The molecule has 0 spiro atoms. The van der Waals surface area contributed by atoms with E-state index in [-0.39, 0.29) is 6.61 Å². The molecule has 0 bridgehead atoms. The fraction of sp³-hybridized carbons (Fsp3) is 1.00. The highest BCUT2D eigenvalue weighted by molar-refractivity contribution is 7.47. The standard InChI is InChI=1S/C19H40NO5P/c1-3-4-5-6-7-8-9-10-11-12-16-24-26(21,22)25-19-15-20(2)13-17-23-18-14-20/h3-19H2,1-2H3/p+1. The predicted octanol–water partition coefficient (Wildman–Crippen LogP) is 4.52. The molecule has 7 heteroatoms. The van der Waals surface area contributed by atoms with E-state index in [1.165, 1.54) is 51.4 Å². The second kappa shape index (κ2) is 14.1.